The van der Waals surface area contributed by atoms with Crippen LogP contribution in [0.25, 0.3) is 10.9 Å². The molecule has 4 rings (SSSR count). The zero-order valence-electron chi connectivity index (χ0n) is 25.0. The lowest BCUT2D eigenvalue weighted by Gasteiger charge is -2.26. The summed E-state index contributed by atoms with van der Waals surface area (Å²) in [5.41, 5.74) is 1.54. The van der Waals surface area contributed by atoms with E-state index in [0.717, 1.165) is 50.9 Å². The summed E-state index contributed by atoms with van der Waals surface area (Å²) in [4.78, 5) is 42.7. The number of carboxylic acids is 1. The molecule has 0 saturated carbocycles. The van der Waals surface area contributed by atoms with Gasteiger partial charge in [0, 0.05) is 47.8 Å². The Bertz CT molecular complexity index is 1370. The largest absolute Gasteiger partial charge is 0.477 e. The number of halogens is 1. The number of hydrogen-bond donors (Lipinski definition) is 5. The van der Waals surface area contributed by atoms with E-state index in [2.05, 4.69) is 20.9 Å². The number of amides is 2. The van der Waals surface area contributed by atoms with Gasteiger partial charge in [0.15, 0.2) is 0 Å². The summed E-state index contributed by atoms with van der Waals surface area (Å²) in [6.07, 6.45) is 5.67. The van der Waals surface area contributed by atoms with Gasteiger partial charge in [0.2, 0.25) is 11.8 Å². The van der Waals surface area contributed by atoms with E-state index >= 15 is 0 Å². The van der Waals surface area contributed by atoms with E-state index in [1.165, 1.54) is 0 Å². The van der Waals surface area contributed by atoms with Gasteiger partial charge in [-0.1, -0.05) is 74.7 Å². The summed E-state index contributed by atoms with van der Waals surface area (Å²) in [7, 11) is 0. The van der Waals surface area contributed by atoms with Gasteiger partial charge in [0.25, 0.3) is 0 Å². The summed E-state index contributed by atoms with van der Waals surface area (Å²) < 4.78 is 5.45. The molecule has 0 aliphatic carbocycles. The van der Waals surface area contributed by atoms with Crippen molar-refractivity contribution in [2.24, 2.45) is 11.8 Å². The molecule has 1 saturated heterocycles. The fourth-order valence-corrected chi connectivity index (χ4v) is 5.86. The van der Waals surface area contributed by atoms with Crippen molar-refractivity contribution in [1.29, 1.82) is 0 Å². The highest BCUT2D eigenvalue weighted by atomic mass is 35.5. The molecule has 2 aromatic carbocycles. The second-order valence-corrected chi connectivity index (χ2v) is 12.2. The van der Waals surface area contributed by atoms with E-state index in [-0.39, 0.29) is 29.6 Å². The van der Waals surface area contributed by atoms with Crippen molar-refractivity contribution >= 4 is 40.3 Å². The third kappa shape index (κ3) is 9.29. The van der Waals surface area contributed by atoms with Gasteiger partial charge in [0.1, 0.15) is 11.7 Å². The van der Waals surface area contributed by atoms with Gasteiger partial charge in [-0.2, -0.15) is 0 Å². The first-order chi connectivity index (χ1) is 20.7. The van der Waals surface area contributed by atoms with Crippen LogP contribution in [-0.2, 0) is 20.9 Å². The Morgan fingerprint density at radius 2 is 1.77 bits per heavy atom. The van der Waals surface area contributed by atoms with E-state index < -0.39 is 24.0 Å². The van der Waals surface area contributed by atoms with Crippen LogP contribution in [0.15, 0.2) is 48.5 Å². The molecule has 232 valence electrons. The number of nitrogens with one attached hydrogen (secondary N) is 4. The number of benzene rings is 2. The number of carbonyl (C=O) groups is 3. The van der Waals surface area contributed by atoms with Crippen LogP contribution >= 0.6 is 11.6 Å². The highest BCUT2D eigenvalue weighted by Gasteiger charge is 2.33. The Morgan fingerprint density at radius 3 is 2.47 bits per heavy atom. The molecule has 0 radical (unpaired) electrons. The first kappa shape index (κ1) is 32.5. The minimum Gasteiger partial charge on any atom is -0.477 e. The Morgan fingerprint density at radius 1 is 1.02 bits per heavy atom. The van der Waals surface area contributed by atoms with Crippen LogP contribution in [0.5, 0.6) is 0 Å². The summed E-state index contributed by atoms with van der Waals surface area (Å²) in [5, 5.41) is 20.4. The van der Waals surface area contributed by atoms with E-state index in [9.17, 15) is 19.5 Å². The highest BCUT2D eigenvalue weighted by molar-refractivity contribution is 6.31. The van der Waals surface area contributed by atoms with Crippen molar-refractivity contribution in [2.75, 3.05) is 19.8 Å². The molecule has 2 heterocycles. The topological polar surface area (TPSA) is 133 Å². The summed E-state index contributed by atoms with van der Waals surface area (Å²) >= 11 is 6.20. The van der Waals surface area contributed by atoms with Crippen LogP contribution < -0.4 is 16.0 Å². The maximum atomic E-state index is 13.8. The van der Waals surface area contributed by atoms with E-state index in [1.807, 2.05) is 44.2 Å². The van der Waals surface area contributed by atoms with Crippen molar-refractivity contribution in [3.63, 3.8) is 0 Å². The second-order valence-electron chi connectivity index (χ2n) is 11.7. The second kappa shape index (κ2) is 15.9. The van der Waals surface area contributed by atoms with Gasteiger partial charge < -0.3 is 25.5 Å². The van der Waals surface area contributed by atoms with Crippen molar-refractivity contribution < 1.29 is 24.2 Å². The molecular formula is C33H43ClN4O5. The number of unbranched alkanes of at least 4 members (excludes halogenated alkanes) is 1. The number of carboxylic acid groups (broad SMARTS) is 1. The van der Waals surface area contributed by atoms with Gasteiger partial charge in [-0.05, 0) is 55.2 Å². The molecular weight excluding hydrogens is 568 g/mol. The number of rotatable bonds is 15. The normalized spacial score (nSPS) is 15.3. The molecule has 10 heteroatoms. The smallest absolute Gasteiger partial charge is 0.352 e. The van der Waals surface area contributed by atoms with Crippen LogP contribution in [0.3, 0.4) is 0 Å². The molecule has 1 aliphatic heterocycles. The fraction of sp³-hybridized carbons (Fsp3) is 0.485. The zero-order valence-corrected chi connectivity index (χ0v) is 25.7. The number of ether oxygens (including phenoxy) is 1. The first-order valence-electron chi connectivity index (χ1n) is 15.2. The number of hydrogen-bond acceptors (Lipinski definition) is 5. The van der Waals surface area contributed by atoms with Crippen LogP contribution in [0, 0.1) is 11.8 Å². The van der Waals surface area contributed by atoms with Crippen LogP contribution in [-0.4, -0.2) is 53.7 Å². The number of aromatic carboxylic acids is 1. The lowest BCUT2D eigenvalue weighted by Crippen LogP contribution is -2.50. The molecule has 3 aromatic rings. The third-order valence-electron chi connectivity index (χ3n) is 7.95. The molecule has 1 fully saturated rings. The van der Waals surface area contributed by atoms with Crippen molar-refractivity contribution in [2.45, 2.75) is 71.0 Å². The lowest BCUT2D eigenvalue weighted by molar-refractivity contribution is -0.126. The van der Waals surface area contributed by atoms with Crippen LogP contribution in [0.4, 0.5) is 0 Å². The Hall–Kier alpha value is -3.40. The number of aromatic nitrogens is 1. The van der Waals surface area contributed by atoms with Gasteiger partial charge in [0.05, 0.1) is 6.04 Å². The molecule has 0 spiro atoms. The lowest BCUT2D eigenvalue weighted by atomic mass is 9.94. The minimum atomic E-state index is -1.21. The molecule has 5 N–H and O–H groups in total. The first-order valence-corrected chi connectivity index (χ1v) is 15.6. The van der Waals surface area contributed by atoms with E-state index in [0.29, 0.717) is 34.8 Å². The SMILES string of the molecule is CC(C)CC(NC(C(=O)NCc1ccccc1)c1c(C(=O)O)[nH]c2cc(Cl)ccc12)C(=O)NCCCCC1CCOCC1. The summed E-state index contributed by atoms with van der Waals surface area (Å²) in [6, 6.07) is 12.6. The van der Waals surface area contributed by atoms with Gasteiger partial charge in [-0.3, -0.25) is 14.9 Å². The van der Waals surface area contributed by atoms with Crippen LogP contribution in [0.2, 0.25) is 5.02 Å². The number of fused-ring (bicyclic) bond motifs is 1. The minimum absolute atomic E-state index is 0.124. The average molecular weight is 611 g/mol. The quantitative estimate of drug-likeness (QED) is 0.142. The monoisotopic (exact) mass is 610 g/mol. The molecule has 1 aliphatic rings. The fourth-order valence-electron chi connectivity index (χ4n) is 5.69. The molecule has 2 amide bonds. The van der Waals surface area contributed by atoms with Gasteiger partial charge >= 0.3 is 5.97 Å². The van der Waals surface area contributed by atoms with Gasteiger partial charge in [-0.15, -0.1) is 0 Å². The molecule has 2 atom stereocenters. The van der Waals surface area contributed by atoms with Crippen molar-refractivity contribution in [1.82, 2.24) is 20.9 Å². The molecule has 0 bridgehead atoms. The average Bonchev–Trinajstić information content (AvgIpc) is 3.37. The molecule has 43 heavy (non-hydrogen) atoms. The number of H-pyrrole nitrogens is 1. The predicted molar refractivity (Wildman–Crippen MR) is 168 cm³/mol. The Kier molecular flexibility index (Phi) is 12.0. The predicted octanol–water partition coefficient (Wildman–Crippen LogP) is 5.59. The zero-order chi connectivity index (χ0) is 30.8. The maximum absolute atomic E-state index is 13.8. The van der Waals surface area contributed by atoms with E-state index in [1.54, 1.807) is 18.2 Å². The van der Waals surface area contributed by atoms with Crippen molar-refractivity contribution in [3.8, 4) is 0 Å². The standard InChI is InChI=1S/C33H43ClN4O5/c1-21(2)18-27(31(39)35-15-7-6-8-22-13-16-43-17-14-22)38-29(32(40)36-20-23-9-4-3-5-10-23)28-25-12-11-24(34)19-26(25)37-30(28)33(41)42/h3-5,9-12,19,21-22,27,29,37-38H,6-8,13-18,20H2,1-2H3,(H,35,39)(H,36,40)(H,41,42). The highest BCUT2D eigenvalue weighted by Crippen LogP contribution is 2.31. The van der Waals surface area contributed by atoms with Crippen LogP contribution in [0.1, 0.15) is 80.0 Å². The maximum Gasteiger partial charge on any atom is 0.352 e. The molecule has 9 nitrogen and oxygen atoms in total. The van der Waals surface area contributed by atoms with Gasteiger partial charge in [-0.25, -0.2) is 4.79 Å². The summed E-state index contributed by atoms with van der Waals surface area (Å²) in [6.45, 7) is 6.47. The molecule has 1 aromatic heterocycles. The van der Waals surface area contributed by atoms with Crippen molar-refractivity contribution in [3.05, 3.63) is 70.4 Å². The summed E-state index contributed by atoms with van der Waals surface area (Å²) in [5.74, 6) is -1.02. The number of carbonyl (C=O) groups excluding carboxylic acids is 2. The van der Waals surface area contributed by atoms with E-state index in [4.69, 9.17) is 16.3 Å². The number of aromatic amines is 1. The third-order valence-corrected chi connectivity index (χ3v) is 8.18. The Balaban J connectivity index is 1.55. The molecule has 2 unspecified atom stereocenters. The Labute approximate surface area is 258 Å².